The van der Waals surface area contributed by atoms with E-state index in [1.165, 1.54) is 25.6 Å². The molecule has 2 aromatic heterocycles. The highest BCUT2D eigenvalue weighted by atomic mass is 16.5. The zero-order chi connectivity index (χ0) is 21.8. The van der Waals surface area contributed by atoms with Crippen LogP contribution in [0.25, 0.3) is 11.4 Å². The maximum atomic E-state index is 11.8. The normalized spacial score (nSPS) is 15.3. The van der Waals surface area contributed by atoms with Gasteiger partial charge in [0, 0.05) is 18.2 Å². The number of hydrogen-bond acceptors (Lipinski definition) is 9. The summed E-state index contributed by atoms with van der Waals surface area (Å²) >= 11 is 0. The zero-order valence-electron chi connectivity index (χ0n) is 16.5. The second-order valence-corrected chi connectivity index (χ2v) is 6.63. The van der Waals surface area contributed by atoms with Crippen LogP contribution in [0, 0.1) is 0 Å². The summed E-state index contributed by atoms with van der Waals surface area (Å²) < 4.78 is 10.6. The van der Waals surface area contributed by atoms with Gasteiger partial charge < -0.3 is 25.8 Å². The van der Waals surface area contributed by atoms with E-state index >= 15 is 0 Å². The SMILES string of the molecule is COc1cnc(Oc2ccc(-c3nc(N[C@H]4CCNC4=O)cc(C(N)=O)n3)cc2)cn1. The lowest BCUT2D eigenvalue weighted by molar-refractivity contribution is -0.119. The van der Waals surface area contributed by atoms with Gasteiger partial charge in [0.25, 0.3) is 5.91 Å². The van der Waals surface area contributed by atoms with Gasteiger partial charge in [-0.1, -0.05) is 0 Å². The van der Waals surface area contributed by atoms with Crippen LogP contribution in [0.1, 0.15) is 16.9 Å². The van der Waals surface area contributed by atoms with Gasteiger partial charge in [-0.25, -0.2) is 19.9 Å². The average molecular weight is 421 g/mol. The fraction of sp³-hybridized carbons (Fsp3) is 0.200. The van der Waals surface area contributed by atoms with E-state index in [4.69, 9.17) is 15.2 Å². The highest BCUT2D eigenvalue weighted by Gasteiger charge is 2.24. The Hall–Kier alpha value is -4.28. The lowest BCUT2D eigenvalue weighted by atomic mass is 10.2. The molecule has 0 bridgehead atoms. The van der Waals surface area contributed by atoms with Gasteiger partial charge in [0.2, 0.25) is 17.7 Å². The maximum absolute atomic E-state index is 11.8. The first-order valence-electron chi connectivity index (χ1n) is 9.39. The van der Waals surface area contributed by atoms with Crippen molar-refractivity contribution in [2.24, 2.45) is 5.73 Å². The predicted octanol–water partition coefficient (Wildman–Crippen LogP) is 1.13. The number of ether oxygens (including phenoxy) is 2. The number of benzene rings is 1. The van der Waals surface area contributed by atoms with Gasteiger partial charge in [-0.15, -0.1) is 0 Å². The standard InChI is InChI=1S/C20H19N7O4/c1-30-16-9-24-17(10-23-16)31-12-4-2-11(3-5-12)19-26-14(18(21)28)8-15(27-19)25-13-6-7-22-20(13)29/h2-5,8-10,13H,6-7H2,1H3,(H2,21,28)(H,22,29)(H,25,26,27)/t13-/m0/s1. The maximum Gasteiger partial charge on any atom is 0.267 e. The molecule has 4 N–H and O–H groups in total. The molecule has 0 unspecified atom stereocenters. The average Bonchev–Trinajstić information content (AvgIpc) is 3.19. The number of methoxy groups -OCH3 is 1. The first kappa shape index (κ1) is 20.0. The minimum atomic E-state index is -0.694. The molecule has 0 saturated carbocycles. The molecule has 4 rings (SSSR count). The van der Waals surface area contributed by atoms with Gasteiger partial charge in [0.05, 0.1) is 19.5 Å². The van der Waals surface area contributed by atoms with Crippen LogP contribution < -0.4 is 25.8 Å². The van der Waals surface area contributed by atoms with Gasteiger partial charge in [0.15, 0.2) is 5.82 Å². The molecule has 1 aromatic carbocycles. The van der Waals surface area contributed by atoms with Crippen LogP contribution in [0.5, 0.6) is 17.5 Å². The predicted molar refractivity (Wildman–Crippen MR) is 110 cm³/mol. The molecule has 3 heterocycles. The Morgan fingerprint density at radius 3 is 2.52 bits per heavy atom. The third-order valence-electron chi connectivity index (χ3n) is 4.50. The Kier molecular flexibility index (Phi) is 5.56. The van der Waals surface area contributed by atoms with Gasteiger partial charge >= 0.3 is 0 Å². The summed E-state index contributed by atoms with van der Waals surface area (Å²) in [6, 6.07) is 7.89. The largest absolute Gasteiger partial charge is 0.480 e. The Bertz CT molecular complexity index is 1100. The molecule has 11 nitrogen and oxygen atoms in total. The lowest BCUT2D eigenvalue weighted by Crippen LogP contribution is -2.30. The molecule has 11 heteroatoms. The number of carbonyl (C=O) groups is 2. The van der Waals surface area contributed by atoms with Crippen molar-refractivity contribution in [2.75, 3.05) is 19.0 Å². The minimum absolute atomic E-state index is 0.0414. The summed E-state index contributed by atoms with van der Waals surface area (Å²) in [4.78, 5) is 40.3. The molecule has 1 aliphatic heterocycles. The number of primary amides is 1. The van der Waals surface area contributed by atoms with E-state index in [0.717, 1.165) is 0 Å². The first-order chi connectivity index (χ1) is 15.0. The van der Waals surface area contributed by atoms with E-state index in [1.807, 2.05) is 0 Å². The van der Waals surface area contributed by atoms with Crippen molar-refractivity contribution in [3.8, 4) is 28.9 Å². The summed E-state index contributed by atoms with van der Waals surface area (Å²) in [5.41, 5.74) is 6.09. The molecule has 3 aromatic rings. The number of nitrogens with zero attached hydrogens (tertiary/aromatic N) is 4. The molecule has 1 atom stereocenters. The summed E-state index contributed by atoms with van der Waals surface area (Å²) in [7, 11) is 1.50. The Labute approximate surface area is 177 Å². The van der Waals surface area contributed by atoms with E-state index in [2.05, 4.69) is 30.6 Å². The molecule has 158 valence electrons. The molecular formula is C20H19N7O4. The molecule has 1 saturated heterocycles. The molecule has 0 spiro atoms. The summed E-state index contributed by atoms with van der Waals surface area (Å²) in [6.07, 6.45) is 3.51. The van der Waals surface area contributed by atoms with Crippen molar-refractivity contribution < 1.29 is 19.1 Å². The van der Waals surface area contributed by atoms with Crippen LogP contribution in [0.2, 0.25) is 0 Å². The Morgan fingerprint density at radius 1 is 1.16 bits per heavy atom. The fourth-order valence-corrected chi connectivity index (χ4v) is 2.94. The first-order valence-corrected chi connectivity index (χ1v) is 9.39. The summed E-state index contributed by atoms with van der Waals surface area (Å²) in [5.74, 6) is 1.03. The number of rotatable bonds is 7. The van der Waals surface area contributed by atoms with E-state index < -0.39 is 11.9 Å². The van der Waals surface area contributed by atoms with Crippen LogP contribution in [0.3, 0.4) is 0 Å². The summed E-state index contributed by atoms with van der Waals surface area (Å²) in [6.45, 7) is 0.581. The van der Waals surface area contributed by atoms with Gasteiger partial charge in [-0.05, 0) is 30.7 Å². The highest BCUT2D eigenvalue weighted by Crippen LogP contribution is 2.25. The van der Waals surface area contributed by atoms with Gasteiger partial charge in [0.1, 0.15) is 23.3 Å². The molecule has 0 aliphatic carbocycles. The number of anilines is 1. The van der Waals surface area contributed by atoms with Crippen LogP contribution in [0.4, 0.5) is 5.82 Å². The van der Waals surface area contributed by atoms with Gasteiger partial charge in [-0.2, -0.15) is 0 Å². The van der Waals surface area contributed by atoms with Crippen molar-refractivity contribution in [1.29, 1.82) is 0 Å². The second-order valence-electron chi connectivity index (χ2n) is 6.63. The number of nitrogens with two attached hydrogens (primary N) is 1. The molecule has 1 fully saturated rings. The molecule has 0 radical (unpaired) electrons. The Balaban J connectivity index is 1.55. The number of amides is 2. The molecule has 1 aliphatic rings. The van der Waals surface area contributed by atoms with E-state index in [-0.39, 0.29) is 17.4 Å². The molecule has 31 heavy (non-hydrogen) atoms. The monoisotopic (exact) mass is 421 g/mol. The number of hydrogen-bond donors (Lipinski definition) is 3. The van der Waals surface area contributed by atoms with Crippen molar-refractivity contribution in [1.82, 2.24) is 25.3 Å². The van der Waals surface area contributed by atoms with E-state index in [0.29, 0.717) is 41.9 Å². The van der Waals surface area contributed by atoms with Crippen LogP contribution in [0.15, 0.2) is 42.7 Å². The van der Waals surface area contributed by atoms with Crippen LogP contribution >= 0.6 is 0 Å². The van der Waals surface area contributed by atoms with Crippen molar-refractivity contribution in [3.05, 3.63) is 48.4 Å². The molecular weight excluding hydrogens is 402 g/mol. The third-order valence-corrected chi connectivity index (χ3v) is 4.50. The van der Waals surface area contributed by atoms with Crippen LogP contribution in [-0.4, -0.2) is 51.4 Å². The van der Waals surface area contributed by atoms with Crippen molar-refractivity contribution in [3.63, 3.8) is 0 Å². The second kappa shape index (κ2) is 8.61. The lowest BCUT2D eigenvalue weighted by Gasteiger charge is -2.13. The molecule has 2 amide bonds. The van der Waals surface area contributed by atoms with Gasteiger partial charge in [-0.3, -0.25) is 9.59 Å². The quantitative estimate of drug-likeness (QED) is 0.509. The third kappa shape index (κ3) is 4.66. The number of carbonyl (C=O) groups excluding carboxylic acids is 2. The van der Waals surface area contributed by atoms with E-state index in [1.54, 1.807) is 24.3 Å². The van der Waals surface area contributed by atoms with Crippen molar-refractivity contribution in [2.45, 2.75) is 12.5 Å². The smallest absolute Gasteiger partial charge is 0.267 e. The highest BCUT2D eigenvalue weighted by molar-refractivity contribution is 5.92. The van der Waals surface area contributed by atoms with Crippen molar-refractivity contribution >= 4 is 17.6 Å². The summed E-state index contributed by atoms with van der Waals surface area (Å²) in [5, 5.41) is 5.77. The minimum Gasteiger partial charge on any atom is -0.480 e. The Morgan fingerprint density at radius 2 is 1.90 bits per heavy atom. The number of aromatic nitrogens is 4. The number of nitrogens with one attached hydrogen (secondary N) is 2. The fourth-order valence-electron chi connectivity index (χ4n) is 2.94. The topological polar surface area (TPSA) is 154 Å². The zero-order valence-corrected chi connectivity index (χ0v) is 16.5. The van der Waals surface area contributed by atoms with E-state index in [9.17, 15) is 9.59 Å². The van der Waals surface area contributed by atoms with Crippen LogP contribution in [-0.2, 0) is 4.79 Å².